The van der Waals surface area contributed by atoms with Crippen LogP contribution in [0.3, 0.4) is 0 Å². The predicted molar refractivity (Wildman–Crippen MR) is 124 cm³/mol. The van der Waals surface area contributed by atoms with E-state index in [2.05, 4.69) is 52.1 Å². The highest BCUT2D eigenvalue weighted by Gasteiger charge is 2.02. The van der Waals surface area contributed by atoms with Gasteiger partial charge in [0.25, 0.3) is 0 Å². The van der Waals surface area contributed by atoms with Crippen LogP contribution in [0, 0.1) is 0 Å². The fourth-order valence-electron chi connectivity index (χ4n) is 2.76. The van der Waals surface area contributed by atoms with E-state index >= 15 is 0 Å². The minimum atomic E-state index is -0.0565. The Morgan fingerprint density at radius 1 is 1.00 bits per heavy atom. The number of hydrogen-bond acceptors (Lipinski definition) is 2. The van der Waals surface area contributed by atoms with Crippen LogP contribution in [0.5, 0.6) is 0 Å². The van der Waals surface area contributed by atoms with Crippen LogP contribution in [-0.4, -0.2) is 25.5 Å². The first-order valence-electron chi connectivity index (χ1n) is 9.00. The number of amides is 1. The summed E-state index contributed by atoms with van der Waals surface area (Å²) in [6, 6.07) is 16.4. The van der Waals surface area contributed by atoms with Gasteiger partial charge in [0, 0.05) is 32.7 Å². The molecule has 6 heteroatoms. The molecule has 0 aliphatic carbocycles. The first kappa shape index (κ1) is 23.0. The van der Waals surface area contributed by atoms with Gasteiger partial charge >= 0.3 is 0 Å². The van der Waals surface area contributed by atoms with Gasteiger partial charge in [-0.05, 0) is 41.7 Å². The number of benzene rings is 2. The maximum absolute atomic E-state index is 11.0. The molecule has 0 saturated carbocycles. The van der Waals surface area contributed by atoms with Gasteiger partial charge in [0.15, 0.2) is 5.96 Å². The number of carbonyl (C=O) groups excluding carboxylic acids is 1. The smallest absolute Gasteiger partial charge is 0.221 e. The lowest BCUT2D eigenvalue weighted by atomic mass is 10.1. The maximum atomic E-state index is 11.0. The van der Waals surface area contributed by atoms with Crippen LogP contribution in [0.25, 0.3) is 0 Å². The summed E-state index contributed by atoms with van der Waals surface area (Å²) in [6.07, 6.45) is 1.91. The van der Waals surface area contributed by atoms with E-state index in [9.17, 15) is 4.79 Å². The monoisotopic (exact) mass is 480 g/mol. The van der Waals surface area contributed by atoms with Gasteiger partial charge < -0.3 is 16.0 Å². The van der Waals surface area contributed by atoms with E-state index in [4.69, 9.17) is 0 Å². The standard InChI is InChI=1S/C21H28N4O.HI/c1-4-18-7-5-6-8-19(18)15-24-21(22-3)23-14-13-17-9-11-20(12-10-17)25-16(2)26;/h5-12H,4,13-15H2,1-3H3,(H,25,26)(H2,22,23,24);1H. The van der Waals surface area contributed by atoms with Crippen LogP contribution in [-0.2, 0) is 24.2 Å². The average molecular weight is 480 g/mol. The molecule has 0 heterocycles. The minimum Gasteiger partial charge on any atom is -0.356 e. The van der Waals surface area contributed by atoms with E-state index in [0.29, 0.717) is 0 Å². The lowest BCUT2D eigenvalue weighted by Crippen LogP contribution is -2.38. The molecule has 2 aromatic carbocycles. The van der Waals surface area contributed by atoms with Crippen molar-refractivity contribution in [2.75, 3.05) is 18.9 Å². The zero-order chi connectivity index (χ0) is 18.8. The molecule has 0 aromatic heterocycles. The largest absolute Gasteiger partial charge is 0.356 e. The van der Waals surface area contributed by atoms with E-state index in [-0.39, 0.29) is 29.9 Å². The van der Waals surface area contributed by atoms with Crippen molar-refractivity contribution in [1.82, 2.24) is 10.6 Å². The number of halogens is 1. The first-order valence-corrected chi connectivity index (χ1v) is 9.00. The summed E-state index contributed by atoms with van der Waals surface area (Å²) in [5, 5.41) is 9.48. The molecular formula is C21H29IN4O. The fraction of sp³-hybridized carbons (Fsp3) is 0.333. The third kappa shape index (κ3) is 7.99. The molecule has 2 rings (SSSR count). The van der Waals surface area contributed by atoms with E-state index in [1.165, 1.54) is 23.6 Å². The van der Waals surface area contributed by atoms with Crippen molar-refractivity contribution >= 4 is 41.5 Å². The number of aryl methyl sites for hydroxylation is 1. The fourth-order valence-corrected chi connectivity index (χ4v) is 2.76. The van der Waals surface area contributed by atoms with E-state index < -0.39 is 0 Å². The summed E-state index contributed by atoms with van der Waals surface area (Å²) in [4.78, 5) is 15.3. The SMILES string of the molecule is CCc1ccccc1CNC(=NC)NCCc1ccc(NC(C)=O)cc1.I. The Balaban J connectivity index is 0.00000364. The van der Waals surface area contributed by atoms with Crippen molar-refractivity contribution in [3.05, 3.63) is 65.2 Å². The van der Waals surface area contributed by atoms with Crippen molar-refractivity contribution in [3.63, 3.8) is 0 Å². The van der Waals surface area contributed by atoms with Gasteiger partial charge in [-0.2, -0.15) is 0 Å². The van der Waals surface area contributed by atoms with Gasteiger partial charge in [-0.3, -0.25) is 9.79 Å². The van der Waals surface area contributed by atoms with Crippen molar-refractivity contribution in [2.24, 2.45) is 4.99 Å². The van der Waals surface area contributed by atoms with Crippen LogP contribution < -0.4 is 16.0 Å². The number of guanidine groups is 1. The average Bonchev–Trinajstić information content (AvgIpc) is 2.65. The van der Waals surface area contributed by atoms with Crippen molar-refractivity contribution in [1.29, 1.82) is 0 Å². The van der Waals surface area contributed by atoms with Crippen LogP contribution in [0.2, 0.25) is 0 Å². The van der Waals surface area contributed by atoms with Crippen LogP contribution in [0.1, 0.15) is 30.5 Å². The third-order valence-electron chi connectivity index (χ3n) is 4.15. The van der Waals surface area contributed by atoms with Crippen LogP contribution >= 0.6 is 24.0 Å². The number of nitrogens with one attached hydrogen (secondary N) is 3. The van der Waals surface area contributed by atoms with E-state index in [1.54, 1.807) is 7.05 Å². The third-order valence-corrected chi connectivity index (χ3v) is 4.15. The molecule has 0 spiro atoms. The number of rotatable bonds is 7. The van der Waals surface area contributed by atoms with Crippen LogP contribution in [0.4, 0.5) is 5.69 Å². The summed E-state index contributed by atoms with van der Waals surface area (Å²) in [6.45, 7) is 5.22. The number of carbonyl (C=O) groups is 1. The molecule has 5 nitrogen and oxygen atoms in total. The van der Waals surface area contributed by atoms with Gasteiger partial charge in [-0.15, -0.1) is 24.0 Å². The second-order valence-corrected chi connectivity index (χ2v) is 6.10. The minimum absolute atomic E-state index is 0. The van der Waals surface area contributed by atoms with Crippen LogP contribution in [0.15, 0.2) is 53.5 Å². The summed E-state index contributed by atoms with van der Waals surface area (Å²) < 4.78 is 0. The van der Waals surface area contributed by atoms with Crippen molar-refractivity contribution in [2.45, 2.75) is 33.2 Å². The molecule has 0 atom stereocenters. The zero-order valence-electron chi connectivity index (χ0n) is 16.2. The Morgan fingerprint density at radius 2 is 1.67 bits per heavy atom. The van der Waals surface area contributed by atoms with Gasteiger partial charge in [-0.1, -0.05) is 43.3 Å². The van der Waals surface area contributed by atoms with Gasteiger partial charge in [0.2, 0.25) is 5.91 Å². The molecular weight excluding hydrogens is 451 g/mol. The normalized spacial score (nSPS) is 10.7. The Kier molecular flexibility index (Phi) is 10.5. The van der Waals surface area contributed by atoms with Gasteiger partial charge in [-0.25, -0.2) is 0 Å². The molecule has 3 N–H and O–H groups in total. The second-order valence-electron chi connectivity index (χ2n) is 6.10. The van der Waals surface area contributed by atoms with Gasteiger partial charge in [0.05, 0.1) is 0 Å². The molecule has 27 heavy (non-hydrogen) atoms. The Hall–Kier alpha value is -2.09. The molecule has 0 aliphatic heterocycles. The Morgan fingerprint density at radius 3 is 2.26 bits per heavy atom. The van der Waals surface area contributed by atoms with Crippen molar-refractivity contribution < 1.29 is 4.79 Å². The summed E-state index contributed by atoms with van der Waals surface area (Å²) in [7, 11) is 1.78. The van der Waals surface area contributed by atoms with Crippen molar-refractivity contribution in [3.8, 4) is 0 Å². The molecule has 0 aliphatic rings. The molecule has 0 unspecified atom stereocenters. The first-order chi connectivity index (χ1) is 12.6. The molecule has 146 valence electrons. The topological polar surface area (TPSA) is 65.5 Å². The number of aliphatic imine (C=N–C) groups is 1. The number of anilines is 1. The van der Waals surface area contributed by atoms with E-state index in [1.807, 2.05) is 24.3 Å². The molecule has 2 aromatic rings. The maximum Gasteiger partial charge on any atom is 0.221 e. The summed E-state index contributed by atoms with van der Waals surface area (Å²) in [5.74, 6) is 0.740. The molecule has 1 amide bonds. The summed E-state index contributed by atoms with van der Waals surface area (Å²) in [5.41, 5.74) is 4.68. The molecule has 0 radical (unpaired) electrons. The highest BCUT2D eigenvalue weighted by atomic mass is 127. The zero-order valence-corrected chi connectivity index (χ0v) is 18.5. The second kappa shape index (κ2) is 12.3. The Labute approximate surface area is 179 Å². The van der Waals surface area contributed by atoms with E-state index in [0.717, 1.165) is 37.6 Å². The molecule has 0 fully saturated rings. The van der Waals surface area contributed by atoms with Gasteiger partial charge in [0.1, 0.15) is 0 Å². The molecule has 0 saturated heterocycles. The number of hydrogen-bond donors (Lipinski definition) is 3. The lowest BCUT2D eigenvalue weighted by Gasteiger charge is -2.14. The number of nitrogens with zero attached hydrogens (tertiary/aromatic N) is 1. The highest BCUT2D eigenvalue weighted by Crippen LogP contribution is 2.10. The highest BCUT2D eigenvalue weighted by molar-refractivity contribution is 14.0. The molecule has 0 bridgehead atoms. The quantitative estimate of drug-likeness (QED) is 0.322. The Bertz CT molecular complexity index is 744. The summed E-state index contributed by atoms with van der Waals surface area (Å²) >= 11 is 0. The lowest BCUT2D eigenvalue weighted by molar-refractivity contribution is -0.114. The predicted octanol–water partition coefficient (Wildman–Crippen LogP) is 3.73.